The Hall–Kier alpha value is -1.91. The van der Waals surface area contributed by atoms with Crippen molar-refractivity contribution in [2.75, 3.05) is 13.1 Å². The minimum Gasteiger partial charge on any atom is -0.364 e. The largest absolute Gasteiger partial charge is 0.364 e. The zero-order valence-corrected chi connectivity index (χ0v) is 8.85. The topological polar surface area (TPSA) is 76.3 Å². The molecule has 0 aromatic carbocycles. The van der Waals surface area contributed by atoms with E-state index in [0.29, 0.717) is 5.69 Å². The summed E-state index contributed by atoms with van der Waals surface area (Å²) < 4.78 is 0. The zero-order chi connectivity index (χ0) is 11.5. The van der Waals surface area contributed by atoms with Gasteiger partial charge in [0, 0.05) is 13.1 Å². The molecule has 2 rings (SSSR count). The first-order valence-corrected chi connectivity index (χ1v) is 5.24. The molecule has 0 aliphatic carbocycles. The van der Waals surface area contributed by atoms with Gasteiger partial charge >= 0.3 is 0 Å². The normalized spacial score (nSPS) is 15.1. The van der Waals surface area contributed by atoms with Crippen LogP contribution in [0.5, 0.6) is 0 Å². The van der Waals surface area contributed by atoms with Crippen molar-refractivity contribution in [2.24, 2.45) is 5.73 Å². The molecule has 0 atom stereocenters. The average molecular weight is 219 g/mol. The number of aromatic nitrogens is 1. The third kappa shape index (κ3) is 2.03. The molecule has 2 N–H and O–H groups in total. The summed E-state index contributed by atoms with van der Waals surface area (Å²) in [6.07, 6.45) is 2.06. The van der Waals surface area contributed by atoms with E-state index in [9.17, 15) is 9.59 Å². The van der Waals surface area contributed by atoms with Gasteiger partial charge in [0.25, 0.3) is 11.8 Å². The molecule has 0 spiro atoms. The van der Waals surface area contributed by atoms with Crippen LogP contribution in [0.15, 0.2) is 18.2 Å². The molecule has 0 unspecified atom stereocenters. The molecule has 84 valence electrons. The van der Waals surface area contributed by atoms with Crippen molar-refractivity contribution in [3.8, 4) is 0 Å². The van der Waals surface area contributed by atoms with Crippen LogP contribution in [-0.4, -0.2) is 34.8 Å². The Morgan fingerprint density at radius 1 is 1.19 bits per heavy atom. The molecule has 5 nitrogen and oxygen atoms in total. The van der Waals surface area contributed by atoms with Crippen LogP contribution in [0.3, 0.4) is 0 Å². The summed E-state index contributed by atoms with van der Waals surface area (Å²) in [6, 6.07) is 4.73. The molecular formula is C11H13N3O2. The summed E-state index contributed by atoms with van der Waals surface area (Å²) in [5.74, 6) is -0.739. The number of nitrogens with two attached hydrogens (primary N) is 1. The summed E-state index contributed by atoms with van der Waals surface area (Å²) in [5.41, 5.74) is 5.53. The van der Waals surface area contributed by atoms with Crippen molar-refractivity contribution in [3.05, 3.63) is 29.6 Å². The number of hydrogen-bond acceptors (Lipinski definition) is 3. The second kappa shape index (κ2) is 4.30. The maximum absolute atomic E-state index is 11.9. The molecule has 1 aromatic rings. The van der Waals surface area contributed by atoms with Crippen molar-refractivity contribution >= 4 is 11.8 Å². The maximum atomic E-state index is 11.9. The van der Waals surface area contributed by atoms with E-state index in [4.69, 9.17) is 5.73 Å². The van der Waals surface area contributed by atoms with E-state index in [0.717, 1.165) is 25.9 Å². The summed E-state index contributed by atoms with van der Waals surface area (Å²) >= 11 is 0. The van der Waals surface area contributed by atoms with E-state index in [1.54, 1.807) is 17.0 Å². The minimum atomic E-state index is -0.615. The van der Waals surface area contributed by atoms with Crippen molar-refractivity contribution in [3.63, 3.8) is 0 Å². The lowest BCUT2D eigenvalue weighted by Gasteiger charge is -2.14. The molecule has 1 fully saturated rings. The van der Waals surface area contributed by atoms with Crippen molar-refractivity contribution in [1.29, 1.82) is 0 Å². The monoisotopic (exact) mass is 219 g/mol. The number of carbonyl (C=O) groups is 2. The van der Waals surface area contributed by atoms with Gasteiger partial charge in [0.2, 0.25) is 0 Å². The number of primary amides is 1. The fraction of sp³-hybridized carbons (Fsp3) is 0.364. The first kappa shape index (κ1) is 10.6. The molecule has 1 saturated heterocycles. The van der Waals surface area contributed by atoms with Gasteiger partial charge in [0.1, 0.15) is 11.4 Å². The molecule has 2 heterocycles. The highest BCUT2D eigenvalue weighted by molar-refractivity contribution is 5.95. The third-order valence-corrected chi connectivity index (χ3v) is 2.61. The van der Waals surface area contributed by atoms with Gasteiger partial charge in [-0.25, -0.2) is 4.98 Å². The van der Waals surface area contributed by atoms with E-state index in [2.05, 4.69) is 4.98 Å². The van der Waals surface area contributed by atoms with Crippen LogP contribution < -0.4 is 5.73 Å². The lowest BCUT2D eigenvalue weighted by atomic mass is 10.2. The zero-order valence-electron chi connectivity index (χ0n) is 8.85. The SMILES string of the molecule is NC(=O)c1cccc(C(=O)N2CCCC2)n1. The molecule has 16 heavy (non-hydrogen) atoms. The van der Waals surface area contributed by atoms with Gasteiger partial charge in [-0.3, -0.25) is 9.59 Å². The Morgan fingerprint density at radius 3 is 2.44 bits per heavy atom. The first-order chi connectivity index (χ1) is 7.68. The molecule has 0 radical (unpaired) electrons. The summed E-state index contributed by atoms with van der Waals surface area (Å²) in [7, 11) is 0. The summed E-state index contributed by atoms with van der Waals surface area (Å²) in [4.78, 5) is 28.6. The molecule has 1 aliphatic rings. The standard InChI is InChI=1S/C11H13N3O2/c12-10(15)8-4-3-5-9(13-8)11(16)14-6-1-2-7-14/h3-5H,1-2,6-7H2,(H2,12,15). The van der Waals surface area contributed by atoms with Crippen LogP contribution in [-0.2, 0) is 0 Å². The second-order valence-electron chi connectivity index (χ2n) is 3.77. The first-order valence-electron chi connectivity index (χ1n) is 5.24. The summed E-state index contributed by atoms with van der Waals surface area (Å²) in [6.45, 7) is 1.53. The van der Waals surface area contributed by atoms with Crippen LogP contribution in [0.1, 0.15) is 33.8 Å². The molecule has 0 saturated carbocycles. The minimum absolute atomic E-state index is 0.124. The molecule has 2 amide bonds. The third-order valence-electron chi connectivity index (χ3n) is 2.61. The second-order valence-corrected chi connectivity index (χ2v) is 3.77. The highest BCUT2D eigenvalue weighted by atomic mass is 16.2. The van der Waals surface area contributed by atoms with E-state index in [-0.39, 0.29) is 11.6 Å². The van der Waals surface area contributed by atoms with Crippen LogP contribution in [0.2, 0.25) is 0 Å². The maximum Gasteiger partial charge on any atom is 0.272 e. The van der Waals surface area contributed by atoms with Gasteiger partial charge in [-0.1, -0.05) is 6.07 Å². The lowest BCUT2D eigenvalue weighted by Crippen LogP contribution is -2.29. The average Bonchev–Trinajstić information content (AvgIpc) is 2.81. The summed E-state index contributed by atoms with van der Waals surface area (Å²) in [5, 5.41) is 0. The van der Waals surface area contributed by atoms with Crippen LogP contribution in [0.25, 0.3) is 0 Å². The van der Waals surface area contributed by atoms with Crippen LogP contribution in [0, 0.1) is 0 Å². The number of amides is 2. The number of carbonyl (C=O) groups excluding carboxylic acids is 2. The Bertz CT molecular complexity index is 425. The number of likely N-dealkylation sites (tertiary alicyclic amines) is 1. The van der Waals surface area contributed by atoms with E-state index in [1.807, 2.05) is 0 Å². The Morgan fingerprint density at radius 2 is 1.81 bits per heavy atom. The van der Waals surface area contributed by atoms with E-state index in [1.165, 1.54) is 6.07 Å². The highest BCUT2D eigenvalue weighted by Gasteiger charge is 2.20. The van der Waals surface area contributed by atoms with E-state index < -0.39 is 5.91 Å². The smallest absolute Gasteiger partial charge is 0.272 e. The van der Waals surface area contributed by atoms with Crippen molar-refractivity contribution in [1.82, 2.24) is 9.88 Å². The predicted octanol–water partition coefficient (Wildman–Crippen LogP) is 0.416. The number of nitrogens with zero attached hydrogens (tertiary/aromatic N) is 2. The van der Waals surface area contributed by atoms with Crippen molar-refractivity contribution < 1.29 is 9.59 Å². The van der Waals surface area contributed by atoms with E-state index >= 15 is 0 Å². The Kier molecular flexibility index (Phi) is 2.85. The molecule has 1 aromatic heterocycles. The fourth-order valence-electron chi connectivity index (χ4n) is 1.77. The highest BCUT2D eigenvalue weighted by Crippen LogP contribution is 2.11. The molecule has 5 heteroatoms. The van der Waals surface area contributed by atoms with Gasteiger partial charge in [-0.2, -0.15) is 0 Å². The van der Waals surface area contributed by atoms with Gasteiger partial charge < -0.3 is 10.6 Å². The number of hydrogen-bond donors (Lipinski definition) is 1. The van der Waals surface area contributed by atoms with Gasteiger partial charge in [0.15, 0.2) is 0 Å². The van der Waals surface area contributed by atoms with Crippen molar-refractivity contribution in [2.45, 2.75) is 12.8 Å². The molecule has 1 aliphatic heterocycles. The van der Waals surface area contributed by atoms with Crippen LogP contribution in [0.4, 0.5) is 0 Å². The predicted molar refractivity (Wildman–Crippen MR) is 57.9 cm³/mol. The lowest BCUT2D eigenvalue weighted by molar-refractivity contribution is 0.0787. The quantitative estimate of drug-likeness (QED) is 0.783. The number of pyridine rings is 1. The van der Waals surface area contributed by atoms with Gasteiger partial charge in [-0.05, 0) is 25.0 Å². The number of rotatable bonds is 2. The Balaban J connectivity index is 2.22. The van der Waals surface area contributed by atoms with Gasteiger partial charge in [-0.15, -0.1) is 0 Å². The van der Waals surface area contributed by atoms with Crippen LogP contribution >= 0.6 is 0 Å². The van der Waals surface area contributed by atoms with Gasteiger partial charge in [0.05, 0.1) is 0 Å². The Labute approximate surface area is 93.3 Å². The fourth-order valence-corrected chi connectivity index (χ4v) is 1.77. The molecule has 0 bridgehead atoms. The molecular weight excluding hydrogens is 206 g/mol.